The fourth-order valence-electron chi connectivity index (χ4n) is 1.62. The molecule has 1 saturated carbocycles. The van der Waals surface area contributed by atoms with E-state index < -0.39 is 4.75 Å². The van der Waals surface area contributed by atoms with Crippen LogP contribution in [0.4, 0.5) is 0 Å². The van der Waals surface area contributed by atoms with Gasteiger partial charge in [-0.1, -0.05) is 24.8 Å². The Balaban J connectivity index is 2.30. The summed E-state index contributed by atoms with van der Waals surface area (Å²) in [7, 11) is 0. The van der Waals surface area contributed by atoms with Crippen LogP contribution in [0.1, 0.15) is 46.5 Å². The maximum absolute atomic E-state index is 11.6. The molecule has 0 amide bonds. The summed E-state index contributed by atoms with van der Waals surface area (Å²) < 4.78 is 7.91. The SMILES string of the molecule is CCOC(=O)C(C)(C)SNC1CCCC1. The highest BCUT2D eigenvalue weighted by Gasteiger charge is 2.31. The Kier molecular flexibility index (Phi) is 4.93. The molecule has 0 spiro atoms. The third-order valence-corrected chi connectivity index (χ3v) is 3.73. The molecule has 0 aliphatic heterocycles. The highest BCUT2D eigenvalue weighted by Crippen LogP contribution is 2.27. The van der Waals surface area contributed by atoms with Gasteiger partial charge in [0, 0.05) is 6.04 Å². The van der Waals surface area contributed by atoms with Crippen LogP contribution in [0, 0.1) is 0 Å². The molecule has 4 heteroatoms. The molecule has 1 aliphatic rings. The lowest BCUT2D eigenvalue weighted by Crippen LogP contribution is -2.35. The molecule has 1 rings (SSSR count). The van der Waals surface area contributed by atoms with Crippen LogP contribution in [-0.4, -0.2) is 23.4 Å². The summed E-state index contributed by atoms with van der Waals surface area (Å²) in [5.74, 6) is -0.138. The number of carbonyl (C=O) groups is 1. The van der Waals surface area contributed by atoms with E-state index in [9.17, 15) is 4.79 Å². The topological polar surface area (TPSA) is 38.3 Å². The van der Waals surface area contributed by atoms with Gasteiger partial charge in [0.2, 0.25) is 0 Å². The average molecular weight is 231 g/mol. The molecule has 0 saturated heterocycles. The molecule has 15 heavy (non-hydrogen) atoms. The highest BCUT2D eigenvalue weighted by atomic mass is 32.2. The summed E-state index contributed by atoms with van der Waals surface area (Å²) >= 11 is 1.50. The van der Waals surface area contributed by atoms with Gasteiger partial charge in [-0.05, 0) is 33.6 Å². The molecule has 0 aromatic rings. The van der Waals surface area contributed by atoms with Crippen molar-refractivity contribution in [2.24, 2.45) is 0 Å². The fraction of sp³-hybridized carbons (Fsp3) is 0.909. The lowest BCUT2D eigenvalue weighted by Gasteiger charge is -2.23. The second-order valence-electron chi connectivity index (χ2n) is 4.43. The highest BCUT2D eigenvalue weighted by molar-refractivity contribution is 7.99. The zero-order valence-corrected chi connectivity index (χ0v) is 10.7. The van der Waals surface area contributed by atoms with Crippen LogP contribution in [0.25, 0.3) is 0 Å². The number of nitrogens with one attached hydrogen (secondary N) is 1. The minimum absolute atomic E-state index is 0.138. The van der Waals surface area contributed by atoms with E-state index in [1.807, 2.05) is 20.8 Å². The van der Waals surface area contributed by atoms with E-state index in [0.29, 0.717) is 12.6 Å². The standard InChI is InChI=1S/C11H21NO2S/c1-4-14-10(13)11(2,3)15-12-9-7-5-6-8-9/h9,12H,4-8H2,1-3H3. The van der Waals surface area contributed by atoms with Gasteiger partial charge in [0.15, 0.2) is 0 Å². The Morgan fingerprint density at radius 3 is 2.60 bits per heavy atom. The van der Waals surface area contributed by atoms with Gasteiger partial charge in [0.25, 0.3) is 0 Å². The van der Waals surface area contributed by atoms with Crippen molar-refractivity contribution < 1.29 is 9.53 Å². The first-order chi connectivity index (χ1) is 7.06. The first kappa shape index (κ1) is 12.8. The Hall–Kier alpha value is -0.220. The maximum atomic E-state index is 11.6. The molecular weight excluding hydrogens is 210 g/mol. The summed E-state index contributed by atoms with van der Waals surface area (Å²) in [6.07, 6.45) is 5.06. The van der Waals surface area contributed by atoms with E-state index in [0.717, 1.165) is 0 Å². The van der Waals surface area contributed by atoms with E-state index >= 15 is 0 Å². The third-order valence-electron chi connectivity index (χ3n) is 2.60. The van der Waals surface area contributed by atoms with Crippen molar-refractivity contribution in [3.8, 4) is 0 Å². The average Bonchev–Trinajstić information content (AvgIpc) is 2.68. The fourth-order valence-corrected chi connectivity index (χ4v) is 2.46. The summed E-state index contributed by atoms with van der Waals surface area (Å²) in [5, 5.41) is 0. The summed E-state index contributed by atoms with van der Waals surface area (Å²) in [4.78, 5) is 11.6. The normalized spacial score (nSPS) is 18.1. The van der Waals surface area contributed by atoms with Crippen molar-refractivity contribution in [2.45, 2.75) is 57.2 Å². The summed E-state index contributed by atoms with van der Waals surface area (Å²) in [6.45, 7) is 6.09. The predicted molar refractivity (Wildman–Crippen MR) is 63.7 cm³/mol. The minimum Gasteiger partial charge on any atom is -0.465 e. The molecule has 1 fully saturated rings. The molecule has 0 radical (unpaired) electrons. The van der Waals surface area contributed by atoms with E-state index in [2.05, 4.69) is 4.72 Å². The lowest BCUT2D eigenvalue weighted by atomic mass is 10.2. The minimum atomic E-state index is -0.487. The van der Waals surface area contributed by atoms with Gasteiger partial charge >= 0.3 is 5.97 Å². The quantitative estimate of drug-likeness (QED) is 0.583. The molecule has 0 atom stereocenters. The van der Waals surface area contributed by atoms with E-state index in [4.69, 9.17) is 4.74 Å². The number of rotatable bonds is 5. The Labute approximate surface area is 96.5 Å². The summed E-state index contributed by atoms with van der Waals surface area (Å²) in [6, 6.07) is 0.573. The Bertz CT molecular complexity index is 213. The first-order valence-corrected chi connectivity index (χ1v) is 6.48. The van der Waals surface area contributed by atoms with Crippen molar-refractivity contribution in [1.29, 1.82) is 0 Å². The van der Waals surface area contributed by atoms with Gasteiger partial charge in [0.05, 0.1) is 6.61 Å². The van der Waals surface area contributed by atoms with Crippen molar-refractivity contribution in [3.05, 3.63) is 0 Å². The van der Waals surface area contributed by atoms with Crippen LogP contribution in [0.3, 0.4) is 0 Å². The van der Waals surface area contributed by atoms with E-state index in [-0.39, 0.29) is 5.97 Å². The van der Waals surface area contributed by atoms with Gasteiger partial charge in [-0.25, -0.2) is 0 Å². The molecule has 0 unspecified atom stereocenters. The second kappa shape index (κ2) is 5.75. The van der Waals surface area contributed by atoms with Crippen LogP contribution in [0.15, 0.2) is 0 Å². The molecule has 0 bridgehead atoms. The van der Waals surface area contributed by atoms with Gasteiger partial charge in [-0.3, -0.25) is 9.52 Å². The van der Waals surface area contributed by atoms with Gasteiger partial charge in [0.1, 0.15) is 4.75 Å². The molecule has 0 heterocycles. The zero-order chi connectivity index (χ0) is 11.3. The van der Waals surface area contributed by atoms with Crippen LogP contribution in [0.2, 0.25) is 0 Å². The molecule has 0 aromatic heterocycles. The number of esters is 1. The molecule has 1 aliphatic carbocycles. The van der Waals surface area contributed by atoms with Gasteiger partial charge in [-0.15, -0.1) is 0 Å². The van der Waals surface area contributed by atoms with Crippen LogP contribution >= 0.6 is 11.9 Å². The predicted octanol–water partition coefficient (Wildman–Crippen LogP) is 2.51. The maximum Gasteiger partial charge on any atom is 0.322 e. The van der Waals surface area contributed by atoms with E-state index in [1.165, 1.54) is 37.6 Å². The third kappa shape index (κ3) is 4.03. The van der Waals surface area contributed by atoms with Crippen LogP contribution in [0.5, 0.6) is 0 Å². The molecule has 3 nitrogen and oxygen atoms in total. The van der Waals surface area contributed by atoms with Gasteiger partial charge < -0.3 is 4.74 Å². The zero-order valence-electron chi connectivity index (χ0n) is 9.84. The Morgan fingerprint density at radius 1 is 1.47 bits per heavy atom. The van der Waals surface area contributed by atoms with Crippen LogP contribution in [-0.2, 0) is 9.53 Å². The number of hydrogen-bond donors (Lipinski definition) is 1. The first-order valence-electron chi connectivity index (χ1n) is 5.67. The van der Waals surface area contributed by atoms with Crippen molar-refractivity contribution in [3.63, 3.8) is 0 Å². The monoisotopic (exact) mass is 231 g/mol. The molecule has 1 N–H and O–H groups in total. The lowest BCUT2D eigenvalue weighted by molar-refractivity contribution is -0.145. The number of hydrogen-bond acceptors (Lipinski definition) is 4. The van der Waals surface area contributed by atoms with Crippen molar-refractivity contribution >= 4 is 17.9 Å². The number of ether oxygens (including phenoxy) is 1. The van der Waals surface area contributed by atoms with Crippen molar-refractivity contribution in [1.82, 2.24) is 4.72 Å². The second-order valence-corrected chi connectivity index (χ2v) is 5.89. The van der Waals surface area contributed by atoms with Crippen molar-refractivity contribution in [2.75, 3.05) is 6.61 Å². The largest absolute Gasteiger partial charge is 0.465 e. The van der Waals surface area contributed by atoms with E-state index in [1.54, 1.807) is 0 Å². The summed E-state index contributed by atoms with van der Waals surface area (Å²) in [5.41, 5.74) is 0. The van der Waals surface area contributed by atoms with Gasteiger partial charge in [-0.2, -0.15) is 0 Å². The number of carbonyl (C=O) groups excluding carboxylic acids is 1. The Morgan fingerprint density at radius 2 is 2.07 bits per heavy atom. The molecular formula is C11H21NO2S. The van der Waals surface area contributed by atoms with Crippen LogP contribution < -0.4 is 4.72 Å². The smallest absolute Gasteiger partial charge is 0.322 e. The molecule has 0 aromatic carbocycles. The molecule has 88 valence electrons.